The second-order valence-electron chi connectivity index (χ2n) is 3.49. The first-order valence-corrected chi connectivity index (χ1v) is 5.38. The number of nitrogens with one attached hydrogen (secondary N) is 1. The summed E-state index contributed by atoms with van der Waals surface area (Å²) in [4.78, 5) is 11.7. The molecule has 5 heteroatoms. The topological polar surface area (TPSA) is 55.1 Å². The number of hydrogen-bond donors (Lipinski definition) is 2. The highest BCUT2D eigenvalue weighted by Gasteiger charge is 2.12. The molecule has 0 radical (unpaired) electrons. The molecule has 0 atom stereocenters. The highest BCUT2D eigenvalue weighted by molar-refractivity contribution is 9.10. The maximum Gasteiger partial charge on any atom is 0.252 e. The van der Waals surface area contributed by atoms with E-state index in [0.717, 1.165) is 5.57 Å². The molecule has 0 aliphatic rings. The molecule has 1 amide bonds. The van der Waals surface area contributed by atoms with Crippen LogP contribution in [-0.2, 0) is 0 Å². The summed E-state index contributed by atoms with van der Waals surface area (Å²) in [5, 5.41) is 2.64. The molecule has 0 heterocycles. The molecule has 0 spiro atoms. The molecule has 0 aromatic heterocycles. The zero-order valence-electron chi connectivity index (χ0n) is 8.81. The van der Waals surface area contributed by atoms with Crippen LogP contribution in [0.4, 0.5) is 10.1 Å². The van der Waals surface area contributed by atoms with E-state index < -0.39 is 5.82 Å². The molecule has 1 rings (SSSR count). The smallest absolute Gasteiger partial charge is 0.252 e. The SMILES string of the molecule is C=C(C)CNC(=O)c1cc(N)c(F)cc1Br. The first kappa shape index (κ1) is 12.7. The van der Waals surface area contributed by atoms with Crippen molar-refractivity contribution in [3.63, 3.8) is 0 Å². The van der Waals surface area contributed by atoms with Gasteiger partial charge in [-0.15, -0.1) is 0 Å². The van der Waals surface area contributed by atoms with E-state index in [4.69, 9.17) is 5.73 Å². The Bertz CT molecular complexity index is 446. The molecule has 0 saturated heterocycles. The van der Waals surface area contributed by atoms with Crippen LogP contribution in [0.1, 0.15) is 17.3 Å². The minimum atomic E-state index is -0.552. The number of nitrogen functional groups attached to an aromatic ring is 1. The van der Waals surface area contributed by atoms with Gasteiger partial charge >= 0.3 is 0 Å². The summed E-state index contributed by atoms with van der Waals surface area (Å²) in [7, 11) is 0. The lowest BCUT2D eigenvalue weighted by atomic mass is 10.2. The number of amides is 1. The summed E-state index contributed by atoms with van der Waals surface area (Å²) in [5.41, 5.74) is 6.48. The normalized spacial score (nSPS) is 9.94. The lowest BCUT2D eigenvalue weighted by molar-refractivity contribution is 0.0956. The Balaban J connectivity index is 2.91. The average molecular weight is 287 g/mol. The third-order valence-corrected chi connectivity index (χ3v) is 2.54. The maximum atomic E-state index is 13.0. The molecule has 0 aliphatic carbocycles. The molecular formula is C11H12BrFN2O. The monoisotopic (exact) mass is 286 g/mol. The van der Waals surface area contributed by atoms with E-state index in [-0.39, 0.29) is 11.6 Å². The van der Waals surface area contributed by atoms with Gasteiger partial charge in [0.1, 0.15) is 5.82 Å². The molecule has 1 aromatic carbocycles. The number of halogens is 2. The quantitative estimate of drug-likeness (QED) is 0.663. The van der Waals surface area contributed by atoms with Crippen molar-refractivity contribution in [2.75, 3.05) is 12.3 Å². The Morgan fingerprint density at radius 2 is 2.25 bits per heavy atom. The van der Waals surface area contributed by atoms with Gasteiger partial charge in [-0.25, -0.2) is 4.39 Å². The van der Waals surface area contributed by atoms with Crippen LogP contribution in [-0.4, -0.2) is 12.5 Å². The molecule has 86 valence electrons. The summed E-state index contributed by atoms with van der Waals surface area (Å²) < 4.78 is 13.4. The van der Waals surface area contributed by atoms with Crippen molar-refractivity contribution < 1.29 is 9.18 Å². The predicted molar refractivity (Wildman–Crippen MR) is 65.7 cm³/mol. The van der Waals surface area contributed by atoms with Crippen molar-refractivity contribution in [3.05, 3.63) is 40.1 Å². The Labute approximate surface area is 102 Å². The van der Waals surface area contributed by atoms with Gasteiger partial charge in [0.2, 0.25) is 0 Å². The number of benzene rings is 1. The number of hydrogen-bond acceptors (Lipinski definition) is 2. The fraction of sp³-hybridized carbons (Fsp3) is 0.182. The number of rotatable bonds is 3. The van der Waals surface area contributed by atoms with Crippen LogP contribution in [0.3, 0.4) is 0 Å². The molecular weight excluding hydrogens is 275 g/mol. The van der Waals surface area contributed by atoms with E-state index in [0.29, 0.717) is 16.6 Å². The van der Waals surface area contributed by atoms with E-state index >= 15 is 0 Å². The second kappa shape index (κ2) is 5.12. The Kier molecular flexibility index (Phi) is 4.06. The van der Waals surface area contributed by atoms with Gasteiger partial charge in [0.05, 0.1) is 11.3 Å². The average Bonchev–Trinajstić information content (AvgIpc) is 2.20. The molecule has 3 nitrogen and oxygen atoms in total. The zero-order valence-corrected chi connectivity index (χ0v) is 10.4. The van der Waals surface area contributed by atoms with Crippen molar-refractivity contribution in [1.29, 1.82) is 0 Å². The van der Waals surface area contributed by atoms with Gasteiger partial charge in [-0.1, -0.05) is 12.2 Å². The third-order valence-electron chi connectivity index (χ3n) is 1.88. The largest absolute Gasteiger partial charge is 0.396 e. The van der Waals surface area contributed by atoms with Crippen LogP contribution >= 0.6 is 15.9 Å². The van der Waals surface area contributed by atoms with E-state index in [9.17, 15) is 9.18 Å². The first-order valence-electron chi connectivity index (χ1n) is 4.59. The Morgan fingerprint density at radius 1 is 1.62 bits per heavy atom. The number of nitrogens with two attached hydrogens (primary N) is 1. The number of carbonyl (C=O) groups excluding carboxylic acids is 1. The van der Waals surface area contributed by atoms with Crippen molar-refractivity contribution in [2.24, 2.45) is 0 Å². The fourth-order valence-electron chi connectivity index (χ4n) is 1.07. The van der Waals surface area contributed by atoms with Crippen LogP contribution in [0.25, 0.3) is 0 Å². The molecule has 0 aliphatic heterocycles. The molecule has 1 aromatic rings. The molecule has 16 heavy (non-hydrogen) atoms. The summed E-state index contributed by atoms with van der Waals surface area (Å²) >= 11 is 3.11. The van der Waals surface area contributed by atoms with Crippen LogP contribution < -0.4 is 11.1 Å². The number of anilines is 1. The van der Waals surface area contributed by atoms with E-state index in [1.807, 2.05) is 0 Å². The van der Waals surface area contributed by atoms with Gasteiger partial charge in [0.25, 0.3) is 5.91 Å². The highest BCUT2D eigenvalue weighted by Crippen LogP contribution is 2.22. The highest BCUT2D eigenvalue weighted by atomic mass is 79.9. The Morgan fingerprint density at radius 3 is 2.81 bits per heavy atom. The fourth-order valence-corrected chi connectivity index (χ4v) is 1.56. The molecule has 0 unspecified atom stereocenters. The Hall–Kier alpha value is -1.36. The van der Waals surface area contributed by atoms with Crippen LogP contribution in [0, 0.1) is 5.82 Å². The summed E-state index contributed by atoms with van der Waals surface area (Å²) in [5.74, 6) is -0.870. The summed E-state index contributed by atoms with van der Waals surface area (Å²) in [6, 6.07) is 2.47. The van der Waals surface area contributed by atoms with Crippen LogP contribution in [0.15, 0.2) is 28.8 Å². The molecule has 0 bridgehead atoms. The van der Waals surface area contributed by atoms with Crippen molar-refractivity contribution in [1.82, 2.24) is 5.32 Å². The van der Waals surface area contributed by atoms with Gasteiger partial charge in [0, 0.05) is 11.0 Å². The van der Waals surface area contributed by atoms with E-state index in [1.165, 1.54) is 12.1 Å². The second-order valence-corrected chi connectivity index (χ2v) is 4.35. The van der Waals surface area contributed by atoms with Gasteiger partial charge in [0.15, 0.2) is 0 Å². The zero-order chi connectivity index (χ0) is 12.3. The molecule has 0 fully saturated rings. The minimum absolute atomic E-state index is 0.0522. The van der Waals surface area contributed by atoms with Crippen molar-refractivity contribution in [3.8, 4) is 0 Å². The summed E-state index contributed by atoms with van der Waals surface area (Å²) in [6.07, 6.45) is 0. The standard InChI is InChI=1S/C11H12BrFN2O/c1-6(2)5-15-11(16)7-3-10(14)9(13)4-8(7)12/h3-4H,1,5,14H2,2H3,(H,15,16). The minimum Gasteiger partial charge on any atom is -0.396 e. The molecule has 0 saturated carbocycles. The third kappa shape index (κ3) is 3.06. The van der Waals surface area contributed by atoms with Crippen molar-refractivity contribution >= 4 is 27.5 Å². The lowest BCUT2D eigenvalue weighted by Crippen LogP contribution is -2.25. The van der Waals surface area contributed by atoms with E-state index in [2.05, 4.69) is 27.8 Å². The van der Waals surface area contributed by atoms with Gasteiger partial charge in [-0.3, -0.25) is 4.79 Å². The lowest BCUT2D eigenvalue weighted by Gasteiger charge is -2.08. The predicted octanol–water partition coefficient (Wildman–Crippen LogP) is 2.48. The van der Waals surface area contributed by atoms with Gasteiger partial charge < -0.3 is 11.1 Å². The van der Waals surface area contributed by atoms with Gasteiger partial charge in [-0.2, -0.15) is 0 Å². The van der Waals surface area contributed by atoms with E-state index in [1.54, 1.807) is 6.92 Å². The first-order chi connectivity index (χ1) is 7.41. The maximum absolute atomic E-state index is 13.0. The number of carbonyl (C=O) groups is 1. The summed E-state index contributed by atoms with van der Waals surface area (Å²) in [6.45, 7) is 5.84. The van der Waals surface area contributed by atoms with Crippen LogP contribution in [0.5, 0.6) is 0 Å². The molecule has 3 N–H and O–H groups in total. The van der Waals surface area contributed by atoms with Crippen molar-refractivity contribution in [2.45, 2.75) is 6.92 Å². The van der Waals surface area contributed by atoms with Gasteiger partial charge in [-0.05, 0) is 35.0 Å². The van der Waals surface area contributed by atoms with Crippen LogP contribution in [0.2, 0.25) is 0 Å².